The second-order valence-corrected chi connectivity index (χ2v) is 8.34. The van der Waals surface area contributed by atoms with Gasteiger partial charge in [-0.1, -0.05) is 62.4 Å². The summed E-state index contributed by atoms with van der Waals surface area (Å²) in [5, 5.41) is 14.8. The average Bonchev–Trinajstić information content (AvgIpc) is 3.48. The number of amides is 2. The highest BCUT2D eigenvalue weighted by atomic mass is 16.2. The molecule has 0 radical (unpaired) electrons. The first kappa shape index (κ1) is 23.0. The molecule has 2 amide bonds. The molecule has 2 N–H and O–H groups in total. The lowest BCUT2D eigenvalue weighted by atomic mass is 10.1. The standard InChI is InChI=1S/C26H28N6O2/c1-4-31-17-22(24(29-31)26(34)27-15-18(2)3)28-25(33)21-16-32(20-13-9-6-10-14-20)30-23(21)19-11-7-5-8-12-19/h5-14,16-18H,4,15H2,1-3H3,(H,27,34)(H,28,33). The number of hydrogen-bond acceptors (Lipinski definition) is 4. The SMILES string of the molecule is CCn1cc(NC(=O)c2cn(-c3ccccc3)nc2-c2ccccc2)c(C(=O)NCC(C)C)n1. The Morgan fingerprint density at radius 2 is 1.59 bits per heavy atom. The summed E-state index contributed by atoms with van der Waals surface area (Å²) in [4.78, 5) is 26.2. The maximum atomic E-state index is 13.5. The van der Waals surface area contributed by atoms with Gasteiger partial charge in [0.05, 0.1) is 16.9 Å². The van der Waals surface area contributed by atoms with Crippen LogP contribution in [0.25, 0.3) is 16.9 Å². The molecule has 0 fully saturated rings. The van der Waals surface area contributed by atoms with Gasteiger partial charge in [0.25, 0.3) is 11.8 Å². The van der Waals surface area contributed by atoms with Gasteiger partial charge in [-0.25, -0.2) is 4.68 Å². The maximum Gasteiger partial charge on any atom is 0.273 e. The topological polar surface area (TPSA) is 93.8 Å². The van der Waals surface area contributed by atoms with E-state index in [0.29, 0.717) is 36.0 Å². The molecule has 0 aliphatic carbocycles. The van der Waals surface area contributed by atoms with Crippen molar-refractivity contribution in [2.45, 2.75) is 27.3 Å². The Bertz CT molecular complexity index is 1280. The summed E-state index contributed by atoms with van der Waals surface area (Å²) >= 11 is 0. The van der Waals surface area contributed by atoms with Crippen molar-refractivity contribution >= 4 is 17.5 Å². The fraction of sp³-hybridized carbons (Fsp3) is 0.231. The largest absolute Gasteiger partial charge is 0.350 e. The zero-order valence-electron chi connectivity index (χ0n) is 19.5. The molecule has 8 nitrogen and oxygen atoms in total. The molecular formula is C26H28N6O2. The van der Waals surface area contributed by atoms with Crippen molar-refractivity contribution in [3.63, 3.8) is 0 Å². The average molecular weight is 457 g/mol. The highest BCUT2D eigenvalue weighted by Crippen LogP contribution is 2.25. The molecule has 2 heterocycles. The van der Waals surface area contributed by atoms with E-state index in [0.717, 1.165) is 11.3 Å². The Hall–Kier alpha value is -4.20. The van der Waals surface area contributed by atoms with Crippen LogP contribution in [0.3, 0.4) is 0 Å². The minimum Gasteiger partial charge on any atom is -0.350 e. The fourth-order valence-electron chi connectivity index (χ4n) is 3.48. The normalized spacial score (nSPS) is 10.9. The van der Waals surface area contributed by atoms with Gasteiger partial charge < -0.3 is 10.6 Å². The number of hydrogen-bond donors (Lipinski definition) is 2. The minimum absolute atomic E-state index is 0.188. The van der Waals surface area contributed by atoms with Crippen LogP contribution in [-0.4, -0.2) is 37.9 Å². The maximum absolute atomic E-state index is 13.5. The van der Waals surface area contributed by atoms with Crippen LogP contribution in [0, 0.1) is 5.92 Å². The third-order valence-electron chi connectivity index (χ3n) is 5.25. The van der Waals surface area contributed by atoms with Crippen molar-refractivity contribution in [2.24, 2.45) is 5.92 Å². The van der Waals surface area contributed by atoms with E-state index in [1.165, 1.54) is 0 Å². The fourth-order valence-corrected chi connectivity index (χ4v) is 3.48. The predicted octanol–water partition coefficient (Wildman–Crippen LogP) is 4.39. The first-order valence-electron chi connectivity index (χ1n) is 11.3. The highest BCUT2D eigenvalue weighted by Gasteiger charge is 2.23. The second-order valence-electron chi connectivity index (χ2n) is 8.34. The van der Waals surface area contributed by atoms with Gasteiger partial charge in [0.15, 0.2) is 5.69 Å². The summed E-state index contributed by atoms with van der Waals surface area (Å²) in [6, 6.07) is 19.2. The van der Waals surface area contributed by atoms with Crippen LogP contribution in [0.5, 0.6) is 0 Å². The molecule has 2 aromatic carbocycles. The van der Waals surface area contributed by atoms with E-state index in [9.17, 15) is 9.59 Å². The number of nitrogens with one attached hydrogen (secondary N) is 2. The van der Waals surface area contributed by atoms with Gasteiger partial charge >= 0.3 is 0 Å². The summed E-state index contributed by atoms with van der Waals surface area (Å²) in [7, 11) is 0. The van der Waals surface area contributed by atoms with Crippen LogP contribution in [-0.2, 0) is 6.54 Å². The summed E-state index contributed by atoms with van der Waals surface area (Å²) in [5.41, 5.74) is 3.16. The number of anilines is 1. The number of aryl methyl sites for hydroxylation is 1. The Labute approximate surface area is 198 Å². The van der Waals surface area contributed by atoms with Crippen LogP contribution in [0.1, 0.15) is 41.6 Å². The number of carbonyl (C=O) groups excluding carboxylic acids is 2. The first-order valence-corrected chi connectivity index (χ1v) is 11.3. The van der Waals surface area contributed by atoms with E-state index >= 15 is 0 Å². The van der Waals surface area contributed by atoms with Crippen molar-refractivity contribution in [2.75, 3.05) is 11.9 Å². The lowest BCUT2D eigenvalue weighted by Crippen LogP contribution is -2.28. The quantitative estimate of drug-likeness (QED) is 0.411. The third-order valence-corrected chi connectivity index (χ3v) is 5.25. The highest BCUT2D eigenvalue weighted by molar-refractivity contribution is 6.10. The summed E-state index contributed by atoms with van der Waals surface area (Å²) in [6.45, 7) is 7.05. The van der Waals surface area contributed by atoms with Crippen molar-refractivity contribution < 1.29 is 9.59 Å². The number of carbonyl (C=O) groups is 2. The smallest absolute Gasteiger partial charge is 0.273 e. The summed E-state index contributed by atoms with van der Waals surface area (Å²) in [5.74, 6) is -0.387. The molecular weight excluding hydrogens is 428 g/mol. The number of nitrogens with zero attached hydrogens (tertiary/aromatic N) is 4. The van der Waals surface area contributed by atoms with Crippen LogP contribution in [0.2, 0.25) is 0 Å². The molecule has 8 heteroatoms. The minimum atomic E-state index is -0.366. The molecule has 0 unspecified atom stereocenters. The molecule has 2 aromatic heterocycles. The van der Waals surface area contributed by atoms with Crippen LogP contribution in [0.15, 0.2) is 73.1 Å². The Kier molecular flexibility index (Phi) is 6.87. The summed E-state index contributed by atoms with van der Waals surface area (Å²) in [6.07, 6.45) is 3.38. The predicted molar refractivity (Wildman–Crippen MR) is 132 cm³/mol. The molecule has 4 aromatic rings. The number of benzene rings is 2. The van der Waals surface area contributed by atoms with Gasteiger partial charge in [0.2, 0.25) is 0 Å². The number of para-hydroxylation sites is 1. The molecule has 174 valence electrons. The molecule has 34 heavy (non-hydrogen) atoms. The molecule has 0 atom stereocenters. The first-order chi connectivity index (χ1) is 16.5. The van der Waals surface area contributed by atoms with Crippen molar-refractivity contribution in [3.05, 3.63) is 84.3 Å². The molecule has 0 bridgehead atoms. The zero-order valence-corrected chi connectivity index (χ0v) is 19.5. The van der Waals surface area contributed by atoms with E-state index in [1.807, 2.05) is 81.4 Å². The third kappa shape index (κ3) is 5.06. The number of aromatic nitrogens is 4. The van der Waals surface area contributed by atoms with Crippen LogP contribution in [0.4, 0.5) is 5.69 Å². The molecule has 4 rings (SSSR count). The van der Waals surface area contributed by atoms with Gasteiger partial charge in [-0.3, -0.25) is 14.3 Å². The molecule has 0 saturated carbocycles. The van der Waals surface area contributed by atoms with E-state index in [4.69, 9.17) is 5.10 Å². The van der Waals surface area contributed by atoms with Crippen LogP contribution < -0.4 is 10.6 Å². The lowest BCUT2D eigenvalue weighted by molar-refractivity contribution is 0.0944. The van der Waals surface area contributed by atoms with Gasteiger partial charge in [-0.2, -0.15) is 10.2 Å². The van der Waals surface area contributed by atoms with Crippen molar-refractivity contribution in [3.8, 4) is 16.9 Å². The second kappa shape index (κ2) is 10.2. The van der Waals surface area contributed by atoms with Crippen molar-refractivity contribution in [1.82, 2.24) is 24.9 Å². The molecule has 0 aliphatic heterocycles. The Morgan fingerprint density at radius 1 is 0.912 bits per heavy atom. The number of rotatable bonds is 8. The van der Waals surface area contributed by atoms with E-state index in [-0.39, 0.29) is 17.5 Å². The zero-order chi connectivity index (χ0) is 24.1. The Balaban J connectivity index is 1.69. The van der Waals surface area contributed by atoms with Gasteiger partial charge in [-0.05, 0) is 25.0 Å². The van der Waals surface area contributed by atoms with Gasteiger partial charge in [0.1, 0.15) is 5.69 Å². The lowest BCUT2D eigenvalue weighted by Gasteiger charge is -2.08. The van der Waals surface area contributed by atoms with Gasteiger partial charge in [0, 0.05) is 31.0 Å². The van der Waals surface area contributed by atoms with E-state index in [2.05, 4.69) is 15.7 Å². The Morgan fingerprint density at radius 3 is 2.24 bits per heavy atom. The van der Waals surface area contributed by atoms with E-state index in [1.54, 1.807) is 21.8 Å². The monoisotopic (exact) mass is 456 g/mol. The molecule has 0 aliphatic rings. The van der Waals surface area contributed by atoms with E-state index < -0.39 is 0 Å². The van der Waals surface area contributed by atoms with Crippen LogP contribution >= 0.6 is 0 Å². The molecule has 0 spiro atoms. The molecule has 0 saturated heterocycles. The van der Waals surface area contributed by atoms with Crippen molar-refractivity contribution in [1.29, 1.82) is 0 Å². The summed E-state index contributed by atoms with van der Waals surface area (Å²) < 4.78 is 3.31. The van der Waals surface area contributed by atoms with Gasteiger partial charge in [-0.15, -0.1) is 0 Å².